The third-order valence-corrected chi connectivity index (χ3v) is 2.73. The molecule has 5 heteroatoms. The van der Waals surface area contributed by atoms with Gasteiger partial charge in [-0.05, 0) is 36.4 Å². The fourth-order valence-electron chi connectivity index (χ4n) is 1.39. The first-order valence-corrected chi connectivity index (χ1v) is 5.88. The number of hydrogen-bond acceptors (Lipinski definition) is 2. The summed E-state index contributed by atoms with van der Waals surface area (Å²) in [5, 5.41) is 0. The van der Waals surface area contributed by atoms with Crippen molar-refractivity contribution in [2.24, 2.45) is 5.73 Å². The molecule has 0 atom stereocenters. The maximum atomic E-state index is 13.7. The van der Waals surface area contributed by atoms with E-state index in [9.17, 15) is 9.18 Å². The van der Waals surface area contributed by atoms with Crippen LogP contribution in [0.2, 0.25) is 0 Å². The molecule has 18 heavy (non-hydrogen) atoms. The summed E-state index contributed by atoms with van der Waals surface area (Å²) in [4.78, 5) is 10.9. The first-order valence-electron chi connectivity index (χ1n) is 5.09. The average molecular weight is 310 g/mol. The molecule has 0 fully saturated rings. The van der Waals surface area contributed by atoms with Crippen molar-refractivity contribution in [1.82, 2.24) is 0 Å². The Morgan fingerprint density at radius 2 is 2.00 bits per heavy atom. The topological polar surface area (TPSA) is 52.3 Å². The SMILES string of the molecule is NC(=O)c1ccc(Oc2cccc(Br)c2)c(F)c1. The summed E-state index contributed by atoms with van der Waals surface area (Å²) in [5.74, 6) is -0.776. The van der Waals surface area contributed by atoms with Crippen molar-refractivity contribution in [3.05, 3.63) is 58.3 Å². The highest BCUT2D eigenvalue weighted by atomic mass is 79.9. The molecule has 1 amide bonds. The van der Waals surface area contributed by atoms with Crippen LogP contribution in [-0.4, -0.2) is 5.91 Å². The Bertz CT molecular complexity index is 601. The molecule has 0 spiro atoms. The third kappa shape index (κ3) is 2.87. The summed E-state index contributed by atoms with van der Waals surface area (Å²) in [7, 11) is 0. The van der Waals surface area contributed by atoms with Gasteiger partial charge in [-0.15, -0.1) is 0 Å². The van der Waals surface area contributed by atoms with Gasteiger partial charge >= 0.3 is 0 Å². The lowest BCUT2D eigenvalue weighted by molar-refractivity contribution is 0.1000. The number of halogens is 2. The number of carbonyl (C=O) groups is 1. The summed E-state index contributed by atoms with van der Waals surface area (Å²) in [6, 6.07) is 10.9. The molecular formula is C13H9BrFNO2. The van der Waals surface area contributed by atoms with Crippen LogP contribution < -0.4 is 10.5 Å². The molecule has 3 nitrogen and oxygen atoms in total. The van der Waals surface area contributed by atoms with Gasteiger partial charge in [-0.3, -0.25) is 4.79 Å². The predicted octanol–water partition coefficient (Wildman–Crippen LogP) is 3.48. The Hall–Kier alpha value is -1.88. The van der Waals surface area contributed by atoms with Crippen LogP contribution in [0.5, 0.6) is 11.5 Å². The Balaban J connectivity index is 2.27. The second kappa shape index (κ2) is 5.18. The second-order valence-electron chi connectivity index (χ2n) is 3.57. The molecular weight excluding hydrogens is 301 g/mol. The lowest BCUT2D eigenvalue weighted by Gasteiger charge is -2.07. The van der Waals surface area contributed by atoms with Crippen molar-refractivity contribution in [3.63, 3.8) is 0 Å². The number of benzene rings is 2. The van der Waals surface area contributed by atoms with Crippen molar-refractivity contribution in [2.75, 3.05) is 0 Å². The first kappa shape index (κ1) is 12.6. The van der Waals surface area contributed by atoms with Crippen molar-refractivity contribution in [1.29, 1.82) is 0 Å². The van der Waals surface area contributed by atoms with E-state index in [-0.39, 0.29) is 11.3 Å². The zero-order chi connectivity index (χ0) is 13.1. The minimum absolute atomic E-state index is 0.0399. The summed E-state index contributed by atoms with van der Waals surface area (Å²) in [6.45, 7) is 0. The van der Waals surface area contributed by atoms with Crippen LogP contribution in [0.25, 0.3) is 0 Å². The standard InChI is InChI=1S/C13H9BrFNO2/c14-9-2-1-3-10(7-9)18-12-5-4-8(13(16)17)6-11(12)15/h1-7H,(H2,16,17). The quantitative estimate of drug-likeness (QED) is 0.943. The van der Waals surface area contributed by atoms with E-state index in [4.69, 9.17) is 10.5 Å². The second-order valence-corrected chi connectivity index (χ2v) is 4.48. The number of hydrogen-bond donors (Lipinski definition) is 1. The molecule has 0 aromatic heterocycles. The van der Waals surface area contributed by atoms with E-state index in [1.54, 1.807) is 18.2 Å². The van der Waals surface area contributed by atoms with Crippen LogP contribution in [-0.2, 0) is 0 Å². The third-order valence-electron chi connectivity index (χ3n) is 2.24. The van der Waals surface area contributed by atoms with Gasteiger partial charge in [0.2, 0.25) is 5.91 Å². The maximum Gasteiger partial charge on any atom is 0.248 e. The van der Waals surface area contributed by atoms with Crippen LogP contribution in [0.15, 0.2) is 46.9 Å². The molecule has 0 aliphatic carbocycles. The molecule has 92 valence electrons. The summed E-state index contributed by atoms with van der Waals surface area (Å²) in [5.41, 5.74) is 5.16. The zero-order valence-corrected chi connectivity index (χ0v) is 10.8. The lowest BCUT2D eigenvalue weighted by Crippen LogP contribution is -2.11. The van der Waals surface area contributed by atoms with Gasteiger partial charge in [0.1, 0.15) is 5.75 Å². The highest BCUT2D eigenvalue weighted by molar-refractivity contribution is 9.10. The van der Waals surface area contributed by atoms with Gasteiger partial charge in [0, 0.05) is 10.0 Å². The fourth-order valence-corrected chi connectivity index (χ4v) is 1.77. The molecule has 0 unspecified atom stereocenters. The van der Waals surface area contributed by atoms with Crippen molar-refractivity contribution in [3.8, 4) is 11.5 Å². The Morgan fingerprint density at radius 1 is 1.22 bits per heavy atom. The Labute approximate surface area is 112 Å². The van der Waals surface area contributed by atoms with E-state index >= 15 is 0 Å². The first-order chi connectivity index (χ1) is 8.56. The average Bonchev–Trinajstić information content (AvgIpc) is 2.31. The number of nitrogens with two attached hydrogens (primary N) is 1. The van der Waals surface area contributed by atoms with E-state index in [0.29, 0.717) is 5.75 Å². The van der Waals surface area contributed by atoms with Gasteiger partial charge in [-0.2, -0.15) is 0 Å². The van der Waals surface area contributed by atoms with Gasteiger partial charge in [0.15, 0.2) is 11.6 Å². The van der Waals surface area contributed by atoms with Crippen molar-refractivity contribution < 1.29 is 13.9 Å². The van der Waals surface area contributed by atoms with E-state index in [1.807, 2.05) is 6.07 Å². The molecule has 0 aliphatic heterocycles. The molecule has 0 radical (unpaired) electrons. The van der Waals surface area contributed by atoms with E-state index < -0.39 is 11.7 Å². The highest BCUT2D eigenvalue weighted by Gasteiger charge is 2.08. The summed E-state index contributed by atoms with van der Waals surface area (Å²) in [6.07, 6.45) is 0. The van der Waals surface area contributed by atoms with Crippen LogP contribution in [0.1, 0.15) is 10.4 Å². The normalized spacial score (nSPS) is 10.1. The molecule has 0 heterocycles. The molecule has 0 saturated heterocycles. The molecule has 2 aromatic carbocycles. The number of primary amides is 1. The van der Waals surface area contributed by atoms with E-state index in [2.05, 4.69) is 15.9 Å². The molecule has 0 aliphatic rings. The number of carbonyl (C=O) groups excluding carboxylic acids is 1. The van der Waals surface area contributed by atoms with Crippen molar-refractivity contribution >= 4 is 21.8 Å². The van der Waals surface area contributed by atoms with Crippen LogP contribution in [0.4, 0.5) is 4.39 Å². The van der Waals surface area contributed by atoms with Crippen molar-refractivity contribution in [2.45, 2.75) is 0 Å². The predicted molar refractivity (Wildman–Crippen MR) is 69.1 cm³/mol. The minimum atomic E-state index is -0.678. The highest BCUT2D eigenvalue weighted by Crippen LogP contribution is 2.27. The van der Waals surface area contributed by atoms with Gasteiger partial charge < -0.3 is 10.5 Å². The largest absolute Gasteiger partial charge is 0.454 e. The molecule has 0 bridgehead atoms. The Kier molecular flexibility index (Phi) is 3.62. The monoisotopic (exact) mass is 309 g/mol. The molecule has 2 rings (SSSR count). The summed E-state index contributed by atoms with van der Waals surface area (Å²) < 4.78 is 19.8. The van der Waals surface area contributed by atoms with Gasteiger partial charge in [-0.25, -0.2) is 4.39 Å². The number of ether oxygens (including phenoxy) is 1. The zero-order valence-electron chi connectivity index (χ0n) is 9.19. The van der Waals surface area contributed by atoms with Crippen LogP contribution in [0, 0.1) is 5.82 Å². The summed E-state index contributed by atoms with van der Waals surface area (Å²) >= 11 is 3.29. The lowest BCUT2D eigenvalue weighted by atomic mass is 10.2. The smallest absolute Gasteiger partial charge is 0.248 e. The molecule has 0 saturated carbocycles. The van der Waals surface area contributed by atoms with Crippen LogP contribution >= 0.6 is 15.9 Å². The van der Waals surface area contributed by atoms with Gasteiger partial charge in [0.25, 0.3) is 0 Å². The maximum absolute atomic E-state index is 13.7. The van der Waals surface area contributed by atoms with E-state index in [1.165, 1.54) is 12.1 Å². The fraction of sp³-hybridized carbons (Fsp3) is 0. The molecule has 2 N–H and O–H groups in total. The van der Waals surface area contributed by atoms with Gasteiger partial charge in [0.05, 0.1) is 0 Å². The number of rotatable bonds is 3. The number of amides is 1. The van der Waals surface area contributed by atoms with Gasteiger partial charge in [-0.1, -0.05) is 22.0 Å². The van der Waals surface area contributed by atoms with E-state index in [0.717, 1.165) is 10.5 Å². The Morgan fingerprint density at radius 3 is 2.61 bits per heavy atom. The molecule has 2 aromatic rings. The minimum Gasteiger partial charge on any atom is -0.454 e. The van der Waals surface area contributed by atoms with Crippen LogP contribution in [0.3, 0.4) is 0 Å².